The van der Waals surface area contributed by atoms with Gasteiger partial charge in [0.05, 0.1) is 16.5 Å². The zero-order valence-electron chi connectivity index (χ0n) is 11.8. The molecule has 1 aliphatic heterocycles. The van der Waals surface area contributed by atoms with Crippen LogP contribution in [0.15, 0.2) is 53.4 Å². The van der Waals surface area contributed by atoms with E-state index in [1.54, 1.807) is 6.07 Å². The number of benzene rings is 2. The van der Waals surface area contributed by atoms with Gasteiger partial charge >= 0.3 is 0 Å². The number of thiocarbonyl (C=S) groups is 1. The third-order valence-corrected chi connectivity index (χ3v) is 5.04. The van der Waals surface area contributed by atoms with Crippen molar-refractivity contribution >= 4 is 51.9 Å². The fourth-order valence-electron chi connectivity index (χ4n) is 2.18. The van der Waals surface area contributed by atoms with Gasteiger partial charge in [-0.15, -0.1) is 0 Å². The quantitative estimate of drug-likeness (QED) is 0.572. The van der Waals surface area contributed by atoms with Crippen LogP contribution in [0.4, 0.5) is 4.39 Å². The van der Waals surface area contributed by atoms with Crippen LogP contribution in [-0.2, 0) is 11.3 Å². The van der Waals surface area contributed by atoms with E-state index >= 15 is 0 Å². The fourth-order valence-corrected chi connectivity index (χ4v) is 3.64. The molecule has 0 unspecified atom stereocenters. The Balaban J connectivity index is 1.88. The molecule has 1 saturated heterocycles. The lowest BCUT2D eigenvalue weighted by Gasteiger charge is -2.14. The van der Waals surface area contributed by atoms with E-state index in [4.69, 9.17) is 23.8 Å². The Hall–Kier alpha value is -1.69. The predicted octanol–water partition coefficient (Wildman–Crippen LogP) is 4.88. The normalized spacial score (nSPS) is 16.4. The molecule has 1 amide bonds. The van der Waals surface area contributed by atoms with E-state index in [9.17, 15) is 9.18 Å². The Morgan fingerprint density at radius 3 is 2.61 bits per heavy atom. The summed E-state index contributed by atoms with van der Waals surface area (Å²) >= 11 is 12.4. The molecule has 0 radical (unpaired) electrons. The van der Waals surface area contributed by atoms with Gasteiger partial charge in [-0.3, -0.25) is 9.69 Å². The minimum Gasteiger partial charge on any atom is -0.288 e. The molecule has 0 N–H and O–H groups in total. The fraction of sp³-hybridized carbons (Fsp3) is 0.0588. The van der Waals surface area contributed by atoms with E-state index in [1.807, 2.05) is 30.3 Å². The molecule has 0 aliphatic carbocycles. The summed E-state index contributed by atoms with van der Waals surface area (Å²) in [6, 6.07) is 14.0. The number of nitrogens with zero attached hydrogens (tertiary/aromatic N) is 1. The van der Waals surface area contributed by atoms with Crippen LogP contribution in [-0.4, -0.2) is 15.1 Å². The van der Waals surface area contributed by atoms with Crippen LogP contribution in [0.1, 0.15) is 11.1 Å². The number of halogens is 2. The van der Waals surface area contributed by atoms with Crippen molar-refractivity contribution in [1.29, 1.82) is 0 Å². The van der Waals surface area contributed by atoms with Gasteiger partial charge in [-0.05, 0) is 23.8 Å². The molecule has 0 spiro atoms. The summed E-state index contributed by atoms with van der Waals surface area (Å²) < 4.78 is 14.3. The molecule has 116 valence electrons. The third-order valence-electron chi connectivity index (χ3n) is 3.33. The average Bonchev–Trinajstić information content (AvgIpc) is 2.80. The highest BCUT2D eigenvalue weighted by atomic mass is 35.5. The highest BCUT2D eigenvalue weighted by Crippen LogP contribution is 2.35. The maximum Gasteiger partial charge on any atom is 0.266 e. The lowest BCUT2D eigenvalue weighted by Crippen LogP contribution is -2.27. The number of hydrogen-bond donors (Lipinski definition) is 0. The first-order valence-electron chi connectivity index (χ1n) is 6.79. The summed E-state index contributed by atoms with van der Waals surface area (Å²) in [6.07, 6.45) is 1.46. The van der Waals surface area contributed by atoms with E-state index in [0.717, 1.165) is 17.3 Å². The van der Waals surface area contributed by atoms with Crippen LogP contribution < -0.4 is 0 Å². The van der Waals surface area contributed by atoms with E-state index < -0.39 is 5.82 Å². The molecule has 0 atom stereocenters. The van der Waals surface area contributed by atoms with Gasteiger partial charge in [-0.25, -0.2) is 4.39 Å². The zero-order valence-corrected chi connectivity index (χ0v) is 14.2. The van der Waals surface area contributed by atoms with Crippen molar-refractivity contribution in [3.63, 3.8) is 0 Å². The Labute approximate surface area is 147 Å². The molecule has 1 fully saturated rings. The van der Waals surface area contributed by atoms with Gasteiger partial charge in [0.25, 0.3) is 5.91 Å². The minimum absolute atomic E-state index is 0.203. The summed E-state index contributed by atoms with van der Waals surface area (Å²) in [4.78, 5) is 14.4. The molecule has 1 aliphatic rings. The minimum atomic E-state index is -0.467. The van der Waals surface area contributed by atoms with Crippen molar-refractivity contribution < 1.29 is 9.18 Å². The zero-order chi connectivity index (χ0) is 16.4. The maximum absolute atomic E-state index is 13.9. The highest BCUT2D eigenvalue weighted by molar-refractivity contribution is 8.26. The van der Waals surface area contributed by atoms with Crippen molar-refractivity contribution in [2.75, 3.05) is 0 Å². The first-order valence-corrected chi connectivity index (χ1v) is 8.40. The van der Waals surface area contributed by atoms with Crippen molar-refractivity contribution in [2.45, 2.75) is 6.54 Å². The molecule has 23 heavy (non-hydrogen) atoms. The van der Waals surface area contributed by atoms with Crippen LogP contribution >= 0.6 is 35.6 Å². The van der Waals surface area contributed by atoms with Crippen LogP contribution in [0, 0.1) is 5.82 Å². The Morgan fingerprint density at radius 2 is 1.91 bits per heavy atom. The SMILES string of the molecule is O=C1C(=Cc2c(F)cccc2Cl)SC(=S)N1Cc1ccccc1. The van der Waals surface area contributed by atoms with Gasteiger partial charge in [0.2, 0.25) is 0 Å². The van der Waals surface area contributed by atoms with Crippen LogP contribution in [0.5, 0.6) is 0 Å². The monoisotopic (exact) mass is 363 g/mol. The van der Waals surface area contributed by atoms with Gasteiger partial charge in [0.1, 0.15) is 10.1 Å². The first kappa shape index (κ1) is 16.2. The van der Waals surface area contributed by atoms with Gasteiger partial charge in [0, 0.05) is 5.56 Å². The number of hydrogen-bond acceptors (Lipinski definition) is 3. The van der Waals surface area contributed by atoms with Crippen molar-refractivity contribution in [3.8, 4) is 0 Å². The summed E-state index contributed by atoms with van der Waals surface area (Å²) in [5.74, 6) is -0.700. The molecule has 0 saturated carbocycles. The second kappa shape index (κ2) is 6.83. The molecule has 2 aromatic carbocycles. The van der Waals surface area contributed by atoms with E-state index in [2.05, 4.69) is 0 Å². The molecular weight excluding hydrogens is 353 g/mol. The standard InChI is InChI=1S/C17H11ClFNOS2/c18-13-7-4-8-14(19)12(13)9-15-16(21)20(17(22)23-15)10-11-5-2-1-3-6-11/h1-9H,10H2. The van der Waals surface area contributed by atoms with Crippen molar-refractivity contribution in [1.82, 2.24) is 4.90 Å². The van der Waals surface area contributed by atoms with Gasteiger partial charge < -0.3 is 0 Å². The number of carbonyl (C=O) groups is 1. The lowest BCUT2D eigenvalue weighted by molar-refractivity contribution is -0.122. The van der Waals surface area contributed by atoms with Crippen molar-refractivity contribution in [2.24, 2.45) is 0 Å². The molecular formula is C17H11ClFNOS2. The molecule has 1 heterocycles. The Kier molecular flexibility index (Phi) is 4.80. The van der Waals surface area contributed by atoms with Gasteiger partial charge in [0.15, 0.2) is 0 Å². The molecule has 6 heteroatoms. The van der Waals surface area contributed by atoms with Gasteiger partial charge in [-0.2, -0.15) is 0 Å². The Morgan fingerprint density at radius 1 is 1.17 bits per heavy atom. The number of rotatable bonds is 3. The number of thioether (sulfide) groups is 1. The molecule has 3 rings (SSSR count). The second-order valence-electron chi connectivity index (χ2n) is 4.89. The van der Waals surface area contributed by atoms with Gasteiger partial charge in [-0.1, -0.05) is 72.0 Å². The Bertz CT molecular complexity index is 787. The summed E-state index contributed by atoms with van der Waals surface area (Å²) in [6.45, 7) is 0.397. The van der Waals surface area contributed by atoms with Crippen LogP contribution in [0.25, 0.3) is 6.08 Å². The highest BCUT2D eigenvalue weighted by Gasteiger charge is 2.32. The molecule has 2 aromatic rings. The largest absolute Gasteiger partial charge is 0.288 e. The van der Waals surface area contributed by atoms with E-state index in [0.29, 0.717) is 15.8 Å². The summed E-state index contributed by atoms with van der Waals surface area (Å²) in [7, 11) is 0. The van der Waals surface area contributed by atoms with E-state index in [-0.39, 0.29) is 16.5 Å². The first-order chi connectivity index (χ1) is 11.1. The topological polar surface area (TPSA) is 20.3 Å². The predicted molar refractivity (Wildman–Crippen MR) is 96.6 cm³/mol. The van der Waals surface area contributed by atoms with Crippen LogP contribution in [0.2, 0.25) is 5.02 Å². The third kappa shape index (κ3) is 3.47. The molecule has 2 nitrogen and oxygen atoms in total. The molecule has 0 bridgehead atoms. The number of amides is 1. The average molecular weight is 364 g/mol. The summed E-state index contributed by atoms with van der Waals surface area (Å²) in [5.41, 5.74) is 1.18. The van der Waals surface area contributed by atoms with Crippen LogP contribution in [0.3, 0.4) is 0 Å². The summed E-state index contributed by atoms with van der Waals surface area (Å²) in [5, 5.41) is 0.262. The smallest absolute Gasteiger partial charge is 0.266 e. The maximum atomic E-state index is 13.9. The van der Waals surface area contributed by atoms with Crippen molar-refractivity contribution in [3.05, 3.63) is 75.4 Å². The number of carbonyl (C=O) groups excluding carboxylic acids is 1. The lowest BCUT2D eigenvalue weighted by atomic mass is 10.2. The molecule has 0 aromatic heterocycles. The van der Waals surface area contributed by atoms with E-state index in [1.165, 1.54) is 23.1 Å². The second-order valence-corrected chi connectivity index (χ2v) is 6.97.